The van der Waals surface area contributed by atoms with Crippen LogP contribution in [0.5, 0.6) is 0 Å². The molecule has 2 aromatic rings. The number of nitrogens with zero attached hydrogens (tertiary/aromatic N) is 3. The van der Waals surface area contributed by atoms with Crippen molar-refractivity contribution in [2.45, 2.75) is 39.7 Å². The molecule has 0 spiro atoms. The van der Waals surface area contributed by atoms with Crippen LogP contribution in [-0.4, -0.2) is 38.7 Å². The fraction of sp³-hybridized carbons (Fsp3) is 0.438. The highest BCUT2D eigenvalue weighted by Crippen LogP contribution is 2.13. The number of nitrogens with one attached hydrogen (secondary N) is 1. The fourth-order valence-electron chi connectivity index (χ4n) is 2.11. The van der Waals surface area contributed by atoms with Crippen molar-refractivity contribution in [1.82, 2.24) is 20.3 Å². The molecule has 1 atom stereocenters. The molecule has 0 radical (unpaired) electrons. The van der Waals surface area contributed by atoms with Crippen molar-refractivity contribution in [3.63, 3.8) is 0 Å². The highest BCUT2D eigenvalue weighted by atomic mass is 16.3. The molecule has 1 aromatic carbocycles. The van der Waals surface area contributed by atoms with Crippen LogP contribution in [0.4, 0.5) is 0 Å². The number of benzene rings is 1. The third-order valence-corrected chi connectivity index (χ3v) is 3.62. The number of hydrogen-bond acceptors (Lipinski definition) is 4. The summed E-state index contributed by atoms with van der Waals surface area (Å²) in [6, 6.07) is 7.86. The van der Waals surface area contributed by atoms with Crippen molar-refractivity contribution in [2.24, 2.45) is 0 Å². The number of carbonyl (C=O) groups excluding carboxylic acids is 1. The molecule has 0 saturated carbocycles. The first kappa shape index (κ1) is 16.2. The molecule has 2 N–H and O–H groups in total. The van der Waals surface area contributed by atoms with Crippen LogP contribution < -0.4 is 5.32 Å². The first-order chi connectivity index (χ1) is 10.5. The maximum Gasteiger partial charge on any atom is 0.273 e. The second kappa shape index (κ2) is 7.17. The van der Waals surface area contributed by atoms with E-state index in [0.29, 0.717) is 30.8 Å². The maximum absolute atomic E-state index is 12.1. The summed E-state index contributed by atoms with van der Waals surface area (Å²) in [7, 11) is 0. The van der Waals surface area contributed by atoms with Gasteiger partial charge in [0.25, 0.3) is 5.91 Å². The molecule has 0 bridgehead atoms. The van der Waals surface area contributed by atoms with Crippen LogP contribution >= 0.6 is 0 Å². The van der Waals surface area contributed by atoms with Gasteiger partial charge in [-0.1, -0.05) is 29.8 Å². The maximum atomic E-state index is 12.1. The summed E-state index contributed by atoms with van der Waals surface area (Å²) in [4.78, 5) is 12.1. The van der Waals surface area contributed by atoms with Gasteiger partial charge in [-0.25, -0.2) is 4.68 Å². The van der Waals surface area contributed by atoms with Gasteiger partial charge in [-0.3, -0.25) is 4.79 Å². The molecule has 6 nitrogen and oxygen atoms in total. The zero-order valence-corrected chi connectivity index (χ0v) is 13.2. The molecule has 0 fully saturated rings. The van der Waals surface area contributed by atoms with Gasteiger partial charge in [0.15, 0.2) is 5.69 Å². The quantitative estimate of drug-likeness (QED) is 0.852. The zero-order valence-electron chi connectivity index (χ0n) is 13.2. The molecular weight excluding hydrogens is 280 g/mol. The molecule has 0 aliphatic carbocycles. The second-order valence-corrected chi connectivity index (χ2v) is 5.38. The van der Waals surface area contributed by atoms with E-state index in [9.17, 15) is 9.90 Å². The average Bonchev–Trinajstić information content (AvgIpc) is 2.89. The number of carbonyl (C=O) groups is 1. The summed E-state index contributed by atoms with van der Waals surface area (Å²) >= 11 is 0. The molecule has 22 heavy (non-hydrogen) atoms. The minimum absolute atomic E-state index is 0.265. The molecule has 0 aliphatic rings. The Bertz CT molecular complexity index is 634. The molecule has 0 aliphatic heterocycles. The molecule has 1 aromatic heterocycles. The van der Waals surface area contributed by atoms with Crippen LogP contribution in [0.25, 0.3) is 5.69 Å². The lowest BCUT2D eigenvalue weighted by molar-refractivity contribution is 0.0936. The molecule has 1 heterocycles. The molecule has 2 rings (SSSR count). The first-order valence-electron chi connectivity index (χ1n) is 7.48. The fourth-order valence-corrected chi connectivity index (χ4v) is 2.11. The summed E-state index contributed by atoms with van der Waals surface area (Å²) < 4.78 is 1.65. The number of amides is 1. The van der Waals surface area contributed by atoms with Crippen LogP contribution in [0, 0.1) is 13.8 Å². The van der Waals surface area contributed by atoms with Gasteiger partial charge in [-0.2, -0.15) is 0 Å². The Balaban J connectivity index is 2.07. The minimum atomic E-state index is -0.385. The Morgan fingerprint density at radius 1 is 1.32 bits per heavy atom. The van der Waals surface area contributed by atoms with Gasteiger partial charge in [-0.05, 0) is 38.8 Å². The van der Waals surface area contributed by atoms with Crippen LogP contribution in [0.1, 0.15) is 41.5 Å². The van der Waals surface area contributed by atoms with Crippen LogP contribution in [0.3, 0.4) is 0 Å². The number of aliphatic hydroxyl groups is 1. The molecule has 1 unspecified atom stereocenters. The van der Waals surface area contributed by atoms with Crippen molar-refractivity contribution >= 4 is 5.91 Å². The van der Waals surface area contributed by atoms with Crippen LogP contribution in [-0.2, 0) is 0 Å². The molecule has 6 heteroatoms. The van der Waals surface area contributed by atoms with Gasteiger partial charge in [-0.15, -0.1) is 5.10 Å². The average molecular weight is 302 g/mol. The van der Waals surface area contributed by atoms with E-state index >= 15 is 0 Å². The SMILES string of the molecule is CCC(O)CCNC(=O)c1nnn(-c2ccc(C)cc2)c1C. The number of aliphatic hydroxyl groups excluding tert-OH is 1. The van der Waals surface area contributed by atoms with E-state index in [1.807, 2.05) is 45.0 Å². The predicted molar refractivity (Wildman–Crippen MR) is 84.1 cm³/mol. The molecule has 118 valence electrons. The summed E-state index contributed by atoms with van der Waals surface area (Å²) in [6.07, 6.45) is 0.830. The number of aryl methyl sites for hydroxylation is 1. The smallest absolute Gasteiger partial charge is 0.273 e. The van der Waals surface area contributed by atoms with Crippen LogP contribution in [0.15, 0.2) is 24.3 Å². The Morgan fingerprint density at radius 3 is 2.64 bits per heavy atom. The standard InChI is InChI=1S/C16H22N4O2/c1-4-14(21)9-10-17-16(22)15-12(3)20(19-18-15)13-7-5-11(2)6-8-13/h5-8,14,21H,4,9-10H2,1-3H3,(H,17,22). The lowest BCUT2D eigenvalue weighted by atomic mass is 10.2. The van der Waals surface area contributed by atoms with Crippen molar-refractivity contribution in [3.8, 4) is 5.69 Å². The van der Waals surface area contributed by atoms with Crippen molar-refractivity contribution in [3.05, 3.63) is 41.2 Å². The Kier molecular flexibility index (Phi) is 5.27. The molecule has 0 saturated heterocycles. The van der Waals surface area contributed by atoms with E-state index in [0.717, 1.165) is 11.3 Å². The Labute approximate surface area is 130 Å². The third-order valence-electron chi connectivity index (χ3n) is 3.62. The van der Waals surface area contributed by atoms with Gasteiger partial charge in [0, 0.05) is 6.54 Å². The van der Waals surface area contributed by atoms with E-state index in [1.54, 1.807) is 4.68 Å². The second-order valence-electron chi connectivity index (χ2n) is 5.38. The Morgan fingerprint density at radius 2 is 2.00 bits per heavy atom. The summed E-state index contributed by atoms with van der Waals surface area (Å²) in [5, 5.41) is 20.3. The van der Waals surface area contributed by atoms with E-state index in [-0.39, 0.29) is 12.0 Å². The highest BCUT2D eigenvalue weighted by molar-refractivity contribution is 5.93. The van der Waals surface area contributed by atoms with Gasteiger partial charge in [0.1, 0.15) is 0 Å². The van der Waals surface area contributed by atoms with Crippen molar-refractivity contribution in [2.75, 3.05) is 6.54 Å². The summed E-state index contributed by atoms with van der Waals surface area (Å²) in [5.74, 6) is -0.265. The molecular formula is C16H22N4O2. The first-order valence-corrected chi connectivity index (χ1v) is 7.48. The van der Waals surface area contributed by atoms with E-state index < -0.39 is 0 Å². The largest absolute Gasteiger partial charge is 0.393 e. The van der Waals surface area contributed by atoms with Gasteiger partial charge in [0.2, 0.25) is 0 Å². The normalized spacial score (nSPS) is 12.2. The van der Waals surface area contributed by atoms with Gasteiger partial charge >= 0.3 is 0 Å². The lowest BCUT2D eigenvalue weighted by Crippen LogP contribution is -2.28. The van der Waals surface area contributed by atoms with Crippen LogP contribution in [0.2, 0.25) is 0 Å². The monoisotopic (exact) mass is 302 g/mol. The zero-order chi connectivity index (χ0) is 16.1. The van der Waals surface area contributed by atoms with E-state index in [2.05, 4.69) is 15.6 Å². The lowest BCUT2D eigenvalue weighted by Gasteiger charge is -2.08. The minimum Gasteiger partial charge on any atom is -0.393 e. The van der Waals surface area contributed by atoms with Gasteiger partial charge < -0.3 is 10.4 Å². The Hall–Kier alpha value is -2.21. The number of hydrogen-bond donors (Lipinski definition) is 2. The number of aromatic nitrogens is 3. The number of rotatable bonds is 6. The molecule has 1 amide bonds. The van der Waals surface area contributed by atoms with E-state index in [4.69, 9.17) is 0 Å². The highest BCUT2D eigenvalue weighted by Gasteiger charge is 2.17. The summed E-state index contributed by atoms with van der Waals surface area (Å²) in [6.45, 7) is 6.16. The topological polar surface area (TPSA) is 80.0 Å². The van der Waals surface area contributed by atoms with Gasteiger partial charge in [0.05, 0.1) is 17.5 Å². The summed E-state index contributed by atoms with van der Waals surface area (Å²) in [5.41, 5.74) is 3.04. The predicted octanol–water partition coefficient (Wildman–Crippen LogP) is 1.77. The third kappa shape index (κ3) is 3.71. The van der Waals surface area contributed by atoms with E-state index in [1.165, 1.54) is 0 Å². The van der Waals surface area contributed by atoms with Crippen molar-refractivity contribution < 1.29 is 9.90 Å². The van der Waals surface area contributed by atoms with Crippen molar-refractivity contribution in [1.29, 1.82) is 0 Å².